The third-order valence-corrected chi connectivity index (χ3v) is 3.57. The average molecular weight is 291 g/mol. The number of hydrogen-bond donors (Lipinski definition) is 0. The SMILES string of the molecule is Clc1ccc(C2=NN(c3cccc(Cl)c3)CC2)cc1. The van der Waals surface area contributed by atoms with Crippen LogP contribution in [-0.4, -0.2) is 12.3 Å². The first-order chi connectivity index (χ1) is 9.22. The Morgan fingerprint density at radius 2 is 1.74 bits per heavy atom. The van der Waals surface area contributed by atoms with E-state index in [1.165, 1.54) is 0 Å². The van der Waals surface area contributed by atoms with E-state index < -0.39 is 0 Å². The fourth-order valence-electron chi connectivity index (χ4n) is 2.13. The molecule has 0 saturated heterocycles. The van der Waals surface area contributed by atoms with Gasteiger partial charge in [0.2, 0.25) is 0 Å². The molecular formula is C15H12Cl2N2. The van der Waals surface area contributed by atoms with Crippen LogP contribution in [0.4, 0.5) is 5.69 Å². The highest BCUT2D eigenvalue weighted by atomic mass is 35.5. The Morgan fingerprint density at radius 3 is 2.47 bits per heavy atom. The molecule has 0 N–H and O–H groups in total. The summed E-state index contributed by atoms with van der Waals surface area (Å²) in [6.07, 6.45) is 0.925. The molecular weight excluding hydrogens is 279 g/mol. The third kappa shape index (κ3) is 2.75. The van der Waals surface area contributed by atoms with Crippen molar-refractivity contribution >= 4 is 34.6 Å². The van der Waals surface area contributed by atoms with Gasteiger partial charge in [0.25, 0.3) is 0 Å². The normalized spacial score (nSPS) is 14.6. The van der Waals surface area contributed by atoms with E-state index in [4.69, 9.17) is 23.2 Å². The summed E-state index contributed by atoms with van der Waals surface area (Å²) in [4.78, 5) is 0. The van der Waals surface area contributed by atoms with Crippen LogP contribution in [0.1, 0.15) is 12.0 Å². The van der Waals surface area contributed by atoms with Gasteiger partial charge in [0, 0.05) is 23.0 Å². The molecule has 2 aromatic rings. The molecule has 1 heterocycles. The largest absolute Gasteiger partial charge is 0.265 e. The summed E-state index contributed by atoms with van der Waals surface area (Å²) in [5.74, 6) is 0. The summed E-state index contributed by atoms with van der Waals surface area (Å²) >= 11 is 11.9. The molecule has 0 aliphatic carbocycles. The van der Waals surface area contributed by atoms with Crippen molar-refractivity contribution < 1.29 is 0 Å². The molecule has 0 amide bonds. The number of nitrogens with zero attached hydrogens (tertiary/aromatic N) is 2. The van der Waals surface area contributed by atoms with Gasteiger partial charge in [-0.05, 0) is 35.9 Å². The van der Waals surface area contributed by atoms with E-state index in [1.54, 1.807) is 0 Å². The zero-order valence-electron chi connectivity index (χ0n) is 10.2. The van der Waals surface area contributed by atoms with Gasteiger partial charge >= 0.3 is 0 Å². The van der Waals surface area contributed by atoms with Gasteiger partial charge in [0.15, 0.2) is 0 Å². The lowest BCUT2D eigenvalue weighted by atomic mass is 10.1. The first-order valence-corrected chi connectivity index (χ1v) is 6.84. The van der Waals surface area contributed by atoms with E-state index >= 15 is 0 Å². The molecule has 2 nitrogen and oxygen atoms in total. The van der Waals surface area contributed by atoms with Crippen LogP contribution in [0, 0.1) is 0 Å². The van der Waals surface area contributed by atoms with Gasteiger partial charge in [-0.3, -0.25) is 5.01 Å². The summed E-state index contributed by atoms with van der Waals surface area (Å²) in [5, 5.41) is 8.10. The molecule has 0 aromatic heterocycles. The molecule has 0 bridgehead atoms. The van der Waals surface area contributed by atoms with Gasteiger partial charge < -0.3 is 0 Å². The summed E-state index contributed by atoms with van der Waals surface area (Å²) < 4.78 is 0. The van der Waals surface area contributed by atoms with Crippen molar-refractivity contribution in [2.24, 2.45) is 5.10 Å². The molecule has 0 fully saturated rings. The van der Waals surface area contributed by atoms with Crippen LogP contribution in [0.15, 0.2) is 53.6 Å². The smallest absolute Gasteiger partial charge is 0.0700 e. The van der Waals surface area contributed by atoms with E-state index in [0.29, 0.717) is 0 Å². The van der Waals surface area contributed by atoms with E-state index in [2.05, 4.69) is 5.10 Å². The molecule has 0 spiro atoms. The van der Waals surface area contributed by atoms with Crippen LogP contribution in [0.3, 0.4) is 0 Å². The minimum atomic E-state index is 0.729. The highest BCUT2D eigenvalue weighted by molar-refractivity contribution is 6.31. The zero-order chi connectivity index (χ0) is 13.2. The standard InChI is InChI=1S/C15H12Cl2N2/c16-12-6-4-11(5-7-12)15-8-9-19(18-15)14-3-1-2-13(17)10-14/h1-7,10H,8-9H2. The fraction of sp³-hybridized carbons (Fsp3) is 0.133. The predicted octanol–water partition coefficient (Wildman–Crippen LogP) is 4.61. The summed E-state index contributed by atoms with van der Waals surface area (Å²) in [6, 6.07) is 15.5. The lowest BCUT2D eigenvalue weighted by Gasteiger charge is -2.13. The molecule has 1 aliphatic heterocycles. The Kier molecular flexibility index (Phi) is 3.45. The van der Waals surface area contributed by atoms with Gasteiger partial charge in [-0.25, -0.2) is 0 Å². The number of anilines is 1. The highest BCUT2D eigenvalue weighted by Gasteiger charge is 2.17. The number of hydrogen-bond acceptors (Lipinski definition) is 2. The van der Waals surface area contributed by atoms with Crippen LogP contribution >= 0.6 is 23.2 Å². The van der Waals surface area contributed by atoms with Gasteiger partial charge in [0.1, 0.15) is 0 Å². The van der Waals surface area contributed by atoms with Crippen LogP contribution in [0.2, 0.25) is 10.0 Å². The predicted molar refractivity (Wildman–Crippen MR) is 81.4 cm³/mol. The van der Waals surface area contributed by atoms with Crippen molar-refractivity contribution in [1.82, 2.24) is 0 Å². The average Bonchev–Trinajstić information content (AvgIpc) is 2.89. The van der Waals surface area contributed by atoms with Crippen LogP contribution in [0.25, 0.3) is 0 Å². The first kappa shape index (κ1) is 12.5. The Balaban J connectivity index is 1.87. The first-order valence-electron chi connectivity index (χ1n) is 6.09. The molecule has 4 heteroatoms. The summed E-state index contributed by atoms with van der Waals surface area (Å²) in [5.41, 5.74) is 3.22. The Hall–Kier alpha value is -1.51. The molecule has 0 radical (unpaired) electrons. The monoisotopic (exact) mass is 290 g/mol. The van der Waals surface area contributed by atoms with E-state index in [1.807, 2.05) is 53.5 Å². The molecule has 3 rings (SSSR count). The number of halogens is 2. The second kappa shape index (κ2) is 5.24. The molecule has 1 aliphatic rings. The fourth-order valence-corrected chi connectivity index (χ4v) is 2.44. The summed E-state index contributed by atoms with van der Waals surface area (Å²) in [7, 11) is 0. The number of benzene rings is 2. The minimum absolute atomic E-state index is 0.729. The zero-order valence-corrected chi connectivity index (χ0v) is 11.7. The van der Waals surface area contributed by atoms with Crippen molar-refractivity contribution in [3.8, 4) is 0 Å². The highest BCUT2D eigenvalue weighted by Crippen LogP contribution is 2.24. The van der Waals surface area contributed by atoms with Crippen molar-refractivity contribution in [2.75, 3.05) is 11.6 Å². The second-order valence-electron chi connectivity index (χ2n) is 4.41. The van der Waals surface area contributed by atoms with Crippen molar-refractivity contribution in [2.45, 2.75) is 6.42 Å². The Morgan fingerprint density at radius 1 is 0.947 bits per heavy atom. The summed E-state index contributed by atoms with van der Waals surface area (Å²) in [6.45, 7) is 0.873. The van der Waals surface area contributed by atoms with Gasteiger partial charge in [-0.1, -0.05) is 41.4 Å². The van der Waals surface area contributed by atoms with E-state index in [-0.39, 0.29) is 0 Å². The number of hydrazone groups is 1. The van der Waals surface area contributed by atoms with Crippen molar-refractivity contribution in [3.63, 3.8) is 0 Å². The van der Waals surface area contributed by atoms with Crippen LogP contribution in [-0.2, 0) is 0 Å². The van der Waals surface area contributed by atoms with Crippen LogP contribution in [0.5, 0.6) is 0 Å². The molecule has 19 heavy (non-hydrogen) atoms. The Labute approximate surface area is 122 Å². The molecule has 0 saturated carbocycles. The maximum atomic E-state index is 6.00. The molecule has 2 aromatic carbocycles. The van der Waals surface area contributed by atoms with Crippen LogP contribution < -0.4 is 5.01 Å². The quantitative estimate of drug-likeness (QED) is 0.789. The van der Waals surface area contributed by atoms with Crippen molar-refractivity contribution in [1.29, 1.82) is 0 Å². The maximum Gasteiger partial charge on any atom is 0.0700 e. The third-order valence-electron chi connectivity index (χ3n) is 3.09. The van der Waals surface area contributed by atoms with E-state index in [0.717, 1.165) is 40.0 Å². The second-order valence-corrected chi connectivity index (χ2v) is 5.28. The minimum Gasteiger partial charge on any atom is -0.265 e. The van der Waals surface area contributed by atoms with Gasteiger partial charge in [-0.2, -0.15) is 5.10 Å². The Bertz CT molecular complexity index is 620. The van der Waals surface area contributed by atoms with Gasteiger partial charge in [0.05, 0.1) is 11.4 Å². The molecule has 0 unspecified atom stereocenters. The maximum absolute atomic E-state index is 6.00. The lowest BCUT2D eigenvalue weighted by molar-refractivity contribution is 0.922. The van der Waals surface area contributed by atoms with Crippen molar-refractivity contribution in [3.05, 3.63) is 64.1 Å². The van der Waals surface area contributed by atoms with E-state index in [9.17, 15) is 0 Å². The lowest BCUT2D eigenvalue weighted by Crippen LogP contribution is -2.11. The topological polar surface area (TPSA) is 15.6 Å². The molecule has 96 valence electrons. The number of rotatable bonds is 2. The van der Waals surface area contributed by atoms with Gasteiger partial charge in [-0.15, -0.1) is 0 Å². The molecule has 0 atom stereocenters.